The lowest BCUT2D eigenvalue weighted by atomic mass is 10.3. The van der Waals surface area contributed by atoms with Crippen molar-refractivity contribution in [2.75, 3.05) is 36.4 Å². The number of urea groups is 1. The zero-order valence-electron chi connectivity index (χ0n) is 14.7. The first-order chi connectivity index (χ1) is 12.5. The van der Waals surface area contributed by atoms with Gasteiger partial charge in [0.1, 0.15) is 16.9 Å². The monoisotopic (exact) mass is 375 g/mol. The van der Waals surface area contributed by atoms with E-state index in [-0.39, 0.29) is 11.9 Å². The normalized spacial score (nSPS) is 15.5. The molecule has 3 heterocycles. The Labute approximate surface area is 155 Å². The Balaban J connectivity index is 1.47. The van der Waals surface area contributed by atoms with Gasteiger partial charge in [0.2, 0.25) is 11.0 Å². The van der Waals surface area contributed by atoms with Crippen molar-refractivity contribution in [2.45, 2.75) is 19.9 Å². The molecule has 3 rings (SSSR count). The van der Waals surface area contributed by atoms with E-state index >= 15 is 0 Å². The molecule has 2 aromatic rings. The molecule has 1 saturated heterocycles. The molecule has 0 aliphatic carbocycles. The van der Waals surface area contributed by atoms with Crippen molar-refractivity contribution in [3.8, 4) is 0 Å². The highest BCUT2D eigenvalue weighted by Crippen LogP contribution is 2.14. The van der Waals surface area contributed by atoms with Gasteiger partial charge in [0, 0.05) is 32.4 Å². The maximum Gasteiger partial charge on any atom is 0.318 e. The minimum atomic E-state index is -0.666. The van der Waals surface area contributed by atoms with Crippen LogP contribution in [0.4, 0.5) is 15.7 Å². The number of piperazine rings is 1. The van der Waals surface area contributed by atoms with E-state index in [9.17, 15) is 9.59 Å². The van der Waals surface area contributed by atoms with Crippen LogP contribution in [0.3, 0.4) is 0 Å². The molecule has 0 spiro atoms. The quantitative estimate of drug-likeness (QED) is 0.829. The number of hydrogen-bond donors (Lipinski definition) is 2. The summed E-state index contributed by atoms with van der Waals surface area (Å²) in [5, 5.41) is 14.3. The molecule has 26 heavy (non-hydrogen) atoms. The van der Waals surface area contributed by atoms with Crippen LogP contribution in [0.15, 0.2) is 24.4 Å². The van der Waals surface area contributed by atoms with Gasteiger partial charge in [-0.15, -0.1) is 10.2 Å². The Hall–Kier alpha value is -2.75. The number of rotatable bonds is 4. The first kappa shape index (κ1) is 18.1. The Bertz CT molecular complexity index is 759. The van der Waals surface area contributed by atoms with Gasteiger partial charge in [-0.25, -0.2) is 9.78 Å². The summed E-state index contributed by atoms with van der Waals surface area (Å²) < 4.78 is 0. The number of carbonyl (C=O) groups is 2. The van der Waals surface area contributed by atoms with E-state index in [4.69, 9.17) is 0 Å². The molecule has 138 valence electrons. The van der Waals surface area contributed by atoms with Gasteiger partial charge in [-0.1, -0.05) is 17.4 Å². The molecule has 1 atom stereocenters. The van der Waals surface area contributed by atoms with Gasteiger partial charge < -0.3 is 15.1 Å². The molecule has 9 nitrogen and oxygen atoms in total. The standard InChI is InChI=1S/C16H21N7O2S/c1-11(14(24)19-15-21-20-12(2)26-15)18-16(25)23-9-7-22(8-10-23)13-5-3-4-6-17-13/h3-6,11H,7-10H2,1-2H3,(H,18,25)(H,19,21,24). The lowest BCUT2D eigenvalue weighted by Gasteiger charge is -2.35. The van der Waals surface area contributed by atoms with Crippen molar-refractivity contribution < 1.29 is 9.59 Å². The average molecular weight is 375 g/mol. The molecular formula is C16H21N7O2S. The Kier molecular flexibility index (Phi) is 5.61. The zero-order valence-corrected chi connectivity index (χ0v) is 15.5. The minimum Gasteiger partial charge on any atom is -0.353 e. The fourth-order valence-corrected chi connectivity index (χ4v) is 3.18. The van der Waals surface area contributed by atoms with Crippen molar-refractivity contribution >= 4 is 34.2 Å². The molecule has 0 radical (unpaired) electrons. The summed E-state index contributed by atoms with van der Waals surface area (Å²) in [6.45, 7) is 6.01. The molecule has 2 N–H and O–H groups in total. The number of aromatic nitrogens is 3. The van der Waals surface area contributed by atoms with E-state index in [2.05, 4.69) is 30.7 Å². The van der Waals surface area contributed by atoms with Gasteiger partial charge in [-0.2, -0.15) is 0 Å². The van der Waals surface area contributed by atoms with Crippen molar-refractivity contribution in [1.82, 2.24) is 25.4 Å². The largest absolute Gasteiger partial charge is 0.353 e. The third-order valence-electron chi connectivity index (χ3n) is 4.03. The second-order valence-electron chi connectivity index (χ2n) is 5.95. The van der Waals surface area contributed by atoms with Crippen LogP contribution in [0.1, 0.15) is 11.9 Å². The molecule has 0 bridgehead atoms. The van der Waals surface area contributed by atoms with E-state index in [0.29, 0.717) is 31.3 Å². The van der Waals surface area contributed by atoms with E-state index < -0.39 is 6.04 Å². The smallest absolute Gasteiger partial charge is 0.318 e. The van der Waals surface area contributed by atoms with Crippen LogP contribution in [0.2, 0.25) is 0 Å². The SMILES string of the molecule is Cc1nnc(NC(=O)C(C)NC(=O)N2CCN(c3ccccn3)CC2)s1. The first-order valence-electron chi connectivity index (χ1n) is 8.35. The van der Waals surface area contributed by atoms with E-state index in [1.54, 1.807) is 18.0 Å². The molecule has 1 unspecified atom stereocenters. The number of aryl methyl sites for hydroxylation is 1. The summed E-state index contributed by atoms with van der Waals surface area (Å²) in [7, 11) is 0. The van der Waals surface area contributed by atoms with E-state index in [1.165, 1.54) is 11.3 Å². The average Bonchev–Trinajstić information content (AvgIpc) is 3.07. The number of carbonyl (C=O) groups excluding carboxylic acids is 2. The highest BCUT2D eigenvalue weighted by Gasteiger charge is 2.24. The van der Waals surface area contributed by atoms with Gasteiger partial charge in [-0.3, -0.25) is 10.1 Å². The highest BCUT2D eigenvalue weighted by atomic mass is 32.1. The van der Waals surface area contributed by atoms with Gasteiger partial charge in [0.05, 0.1) is 0 Å². The van der Waals surface area contributed by atoms with Gasteiger partial charge in [0.15, 0.2) is 0 Å². The van der Waals surface area contributed by atoms with Crippen LogP contribution in [-0.2, 0) is 4.79 Å². The van der Waals surface area contributed by atoms with Crippen LogP contribution in [0.5, 0.6) is 0 Å². The van der Waals surface area contributed by atoms with Gasteiger partial charge in [-0.05, 0) is 26.0 Å². The predicted molar refractivity (Wildman–Crippen MR) is 99.3 cm³/mol. The number of hydrogen-bond acceptors (Lipinski definition) is 7. The summed E-state index contributed by atoms with van der Waals surface area (Å²) in [5.41, 5.74) is 0. The summed E-state index contributed by atoms with van der Waals surface area (Å²) in [5.74, 6) is 0.592. The van der Waals surface area contributed by atoms with Crippen molar-refractivity contribution in [2.24, 2.45) is 0 Å². The van der Waals surface area contributed by atoms with E-state index in [1.807, 2.05) is 25.1 Å². The van der Waals surface area contributed by atoms with Crippen LogP contribution < -0.4 is 15.5 Å². The lowest BCUT2D eigenvalue weighted by molar-refractivity contribution is -0.117. The summed E-state index contributed by atoms with van der Waals surface area (Å²) in [4.78, 5) is 32.7. The Morgan fingerprint density at radius 2 is 1.96 bits per heavy atom. The molecule has 10 heteroatoms. The predicted octanol–water partition coefficient (Wildman–Crippen LogP) is 1.10. The number of nitrogens with one attached hydrogen (secondary N) is 2. The van der Waals surface area contributed by atoms with Crippen molar-refractivity contribution in [1.29, 1.82) is 0 Å². The minimum absolute atomic E-state index is 0.248. The highest BCUT2D eigenvalue weighted by molar-refractivity contribution is 7.15. The molecule has 0 saturated carbocycles. The maximum absolute atomic E-state index is 12.4. The van der Waals surface area contributed by atoms with Crippen molar-refractivity contribution in [3.05, 3.63) is 29.4 Å². The number of anilines is 2. The van der Waals surface area contributed by atoms with E-state index in [0.717, 1.165) is 10.8 Å². The summed E-state index contributed by atoms with van der Waals surface area (Å²) in [6.07, 6.45) is 1.76. The molecule has 1 aliphatic heterocycles. The molecule has 3 amide bonds. The third-order valence-corrected chi connectivity index (χ3v) is 4.78. The number of nitrogens with zero attached hydrogens (tertiary/aromatic N) is 5. The van der Waals surface area contributed by atoms with Crippen LogP contribution >= 0.6 is 11.3 Å². The van der Waals surface area contributed by atoms with Crippen molar-refractivity contribution in [3.63, 3.8) is 0 Å². The third kappa shape index (κ3) is 4.45. The molecule has 2 aromatic heterocycles. The fourth-order valence-electron chi connectivity index (χ4n) is 2.58. The molecule has 0 aromatic carbocycles. The van der Waals surface area contributed by atoms with Crippen LogP contribution in [0.25, 0.3) is 0 Å². The summed E-state index contributed by atoms with van der Waals surface area (Å²) >= 11 is 1.29. The summed E-state index contributed by atoms with van der Waals surface area (Å²) in [6, 6.07) is 4.86. The lowest BCUT2D eigenvalue weighted by Crippen LogP contribution is -2.54. The molecule has 1 fully saturated rings. The molecular weight excluding hydrogens is 354 g/mol. The number of amides is 3. The maximum atomic E-state index is 12.4. The molecule has 1 aliphatic rings. The topological polar surface area (TPSA) is 103 Å². The second kappa shape index (κ2) is 8.09. The second-order valence-corrected chi connectivity index (χ2v) is 7.13. The van der Waals surface area contributed by atoms with Crippen LogP contribution in [-0.4, -0.2) is 64.2 Å². The first-order valence-corrected chi connectivity index (χ1v) is 9.17. The Morgan fingerprint density at radius 3 is 2.58 bits per heavy atom. The Morgan fingerprint density at radius 1 is 1.19 bits per heavy atom. The fraction of sp³-hybridized carbons (Fsp3) is 0.438. The van der Waals surface area contributed by atoms with Gasteiger partial charge in [0.25, 0.3) is 0 Å². The number of pyridine rings is 1. The van der Waals surface area contributed by atoms with Gasteiger partial charge >= 0.3 is 6.03 Å². The van der Waals surface area contributed by atoms with Crippen LogP contribution in [0, 0.1) is 6.92 Å². The zero-order chi connectivity index (χ0) is 18.5.